The van der Waals surface area contributed by atoms with Gasteiger partial charge in [-0.1, -0.05) is 12.1 Å². The first-order valence-electron chi connectivity index (χ1n) is 5.01. The van der Waals surface area contributed by atoms with Gasteiger partial charge in [-0.3, -0.25) is 4.21 Å². The number of hydrogen-bond donors (Lipinski definition) is 1. The standard InChI is InChI=1S/C10H10N4O3S/c1-14-12-9(11-13-14)6-18(17)8-5-3-2-4-7(8)10(15)16/h2-5H,6H2,1H3,(H,15,16). The molecule has 1 N–H and O–H groups in total. The molecular formula is C10H10N4O3S. The molecule has 0 spiro atoms. The minimum absolute atomic E-state index is 0.0275. The number of carbonyl (C=O) groups is 1. The number of aromatic nitrogens is 4. The first kappa shape index (κ1) is 12.4. The lowest BCUT2D eigenvalue weighted by Crippen LogP contribution is -2.06. The summed E-state index contributed by atoms with van der Waals surface area (Å²) in [6, 6.07) is 6.17. The number of rotatable bonds is 4. The summed E-state index contributed by atoms with van der Waals surface area (Å²) in [7, 11) is 0.0895. The fourth-order valence-electron chi connectivity index (χ4n) is 1.42. The lowest BCUT2D eigenvalue weighted by Gasteiger charge is -2.03. The molecule has 0 aliphatic rings. The molecule has 1 unspecified atom stereocenters. The lowest BCUT2D eigenvalue weighted by atomic mass is 10.2. The third-order valence-corrected chi connectivity index (χ3v) is 3.54. The second-order valence-corrected chi connectivity index (χ2v) is 4.91. The molecular weight excluding hydrogens is 256 g/mol. The van der Waals surface area contributed by atoms with Crippen LogP contribution in [0.3, 0.4) is 0 Å². The number of nitrogens with zero attached hydrogens (tertiary/aromatic N) is 4. The molecule has 0 radical (unpaired) electrons. The Morgan fingerprint density at radius 3 is 2.78 bits per heavy atom. The van der Waals surface area contributed by atoms with E-state index in [0.717, 1.165) is 0 Å². The molecule has 94 valence electrons. The first-order chi connectivity index (χ1) is 8.58. The highest BCUT2D eigenvalue weighted by atomic mass is 32.2. The van der Waals surface area contributed by atoms with Crippen molar-refractivity contribution in [1.29, 1.82) is 0 Å². The number of carboxylic acids is 1. The van der Waals surface area contributed by atoms with Crippen LogP contribution in [-0.2, 0) is 23.6 Å². The number of aryl methyl sites for hydroxylation is 1. The Labute approximate surface area is 105 Å². The van der Waals surface area contributed by atoms with E-state index in [9.17, 15) is 9.00 Å². The van der Waals surface area contributed by atoms with E-state index in [1.165, 1.54) is 16.9 Å². The summed E-state index contributed by atoms with van der Waals surface area (Å²) < 4.78 is 12.1. The molecule has 0 aliphatic carbocycles. The van der Waals surface area contributed by atoms with E-state index in [0.29, 0.717) is 5.82 Å². The van der Waals surface area contributed by atoms with Crippen molar-refractivity contribution >= 4 is 16.8 Å². The van der Waals surface area contributed by atoms with Gasteiger partial charge in [0.1, 0.15) is 0 Å². The number of aromatic carboxylic acids is 1. The van der Waals surface area contributed by atoms with E-state index in [-0.39, 0.29) is 16.2 Å². The van der Waals surface area contributed by atoms with Gasteiger partial charge in [-0.15, -0.1) is 10.2 Å². The Bertz CT molecular complexity index is 611. The van der Waals surface area contributed by atoms with Crippen molar-refractivity contribution in [3.05, 3.63) is 35.7 Å². The van der Waals surface area contributed by atoms with Crippen LogP contribution < -0.4 is 0 Å². The quantitative estimate of drug-likeness (QED) is 0.849. The molecule has 1 aromatic heterocycles. The number of hydrogen-bond acceptors (Lipinski definition) is 5. The van der Waals surface area contributed by atoms with Crippen molar-refractivity contribution < 1.29 is 14.1 Å². The maximum atomic E-state index is 12.1. The zero-order valence-electron chi connectivity index (χ0n) is 9.48. The summed E-state index contributed by atoms with van der Waals surface area (Å²) in [6.45, 7) is 0. The molecule has 0 saturated carbocycles. The Balaban J connectivity index is 2.26. The third-order valence-electron chi connectivity index (χ3n) is 2.17. The second-order valence-electron chi connectivity index (χ2n) is 3.49. The van der Waals surface area contributed by atoms with Gasteiger partial charge in [-0.05, 0) is 17.3 Å². The van der Waals surface area contributed by atoms with Crippen molar-refractivity contribution in [2.24, 2.45) is 7.05 Å². The molecule has 1 atom stereocenters. The van der Waals surface area contributed by atoms with Crippen LogP contribution in [0, 0.1) is 0 Å². The van der Waals surface area contributed by atoms with Crippen LogP contribution in [0.2, 0.25) is 0 Å². The zero-order valence-corrected chi connectivity index (χ0v) is 10.3. The number of tetrazole rings is 1. The summed E-state index contributed by atoms with van der Waals surface area (Å²) in [5, 5.41) is 20.3. The SMILES string of the molecule is Cn1nnc(CS(=O)c2ccccc2C(=O)O)n1. The van der Waals surface area contributed by atoms with E-state index >= 15 is 0 Å². The smallest absolute Gasteiger partial charge is 0.336 e. The fraction of sp³-hybridized carbons (Fsp3) is 0.200. The van der Waals surface area contributed by atoms with Gasteiger partial charge >= 0.3 is 5.97 Å². The zero-order chi connectivity index (χ0) is 13.1. The predicted molar refractivity (Wildman–Crippen MR) is 62.3 cm³/mol. The molecule has 18 heavy (non-hydrogen) atoms. The molecule has 1 heterocycles. The monoisotopic (exact) mass is 266 g/mol. The topological polar surface area (TPSA) is 98.0 Å². The Hall–Kier alpha value is -2.09. The average Bonchev–Trinajstić information content (AvgIpc) is 2.74. The fourth-order valence-corrected chi connectivity index (χ4v) is 2.55. The molecule has 0 aliphatic heterocycles. The van der Waals surface area contributed by atoms with Gasteiger partial charge in [-0.2, -0.15) is 4.80 Å². The van der Waals surface area contributed by atoms with Gasteiger partial charge in [0.05, 0.1) is 34.1 Å². The molecule has 2 aromatic rings. The van der Waals surface area contributed by atoms with Crippen LogP contribution in [0.4, 0.5) is 0 Å². The molecule has 2 rings (SSSR count). The maximum Gasteiger partial charge on any atom is 0.336 e. The van der Waals surface area contributed by atoms with Crippen molar-refractivity contribution in [2.45, 2.75) is 10.6 Å². The van der Waals surface area contributed by atoms with Crippen LogP contribution in [0.1, 0.15) is 16.2 Å². The molecule has 0 fully saturated rings. The van der Waals surface area contributed by atoms with Gasteiger partial charge in [0, 0.05) is 0 Å². The molecule has 8 heteroatoms. The van der Waals surface area contributed by atoms with Crippen LogP contribution >= 0.6 is 0 Å². The van der Waals surface area contributed by atoms with Gasteiger partial charge in [0.15, 0.2) is 5.82 Å². The molecule has 1 aromatic carbocycles. The molecule has 0 bridgehead atoms. The highest BCUT2D eigenvalue weighted by Gasteiger charge is 2.16. The second kappa shape index (κ2) is 5.05. The Morgan fingerprint density at radius 2 is 2.17 bits per heavy atom. The van der Waals surface area contributed by atoms with Crippen LogP contribution in [0.5, 0.6) is 0 Å². The van der Waals surface area contributed by atoms with Gasteiger partial charge in [0.2, 0.25) is 0 Å². The van der Waals surface area contributed by atoms with E-state index in [4.69, 9.17) is 5.11 Å². The van der Waals surface area contributed by atoms with Crippen LogP contribution in [-0.4, -0.2) is 35.5 Å². The normalized spacial score (nSPS) is 12.3. The summed E-state index contributed by atoms with van der Waals surface area (Å²) >= 11 is 0. The van der Waals surface area contributed by atoms with Gasteiger partial charge < -0.3 is 5.11 Å². The molecule has 0 saturated heterocycles. The van der Waals surface area contributed by atoms with Crippen molar-refractivity contribution in [3.63, 3.8) is 0 Å². The summed E-state index contributed by atoms with van der Waals surface area (Å²) in [5.41, 5.74) is 0.0275. The first-order valence-corrected chi connectivity index (χ1v) is 6.33. The number of carboxylic acid groups (broad SMARTS) is 1. The molecule has 7 nitrogen and oxygen atoms in total. The lowest BCUT2D eigenvalue weighted by molar-refractivity contribution is 0.0693. The van der Waals surface area contributed by atoms with E-state index in [2.05, 4.69) is 15.4 Å². The van der Waals surface area contributed by atoms with Gasteiger partial charge in [0.25, 0.3) is 0 Å². The summed E-state index contributed by atoms with van der Waals surface area (Å²) in [6.07, 6.45) is 0. The van der Waals surface area contributed by atoms with E-state index in [1.807, 2.05) is 0 Å². The minimum atomic E-state index is -1.51. The van der Waals surface area contributed by atoms with E-state index in [1.54, 1.807) is 19.2 Å². The highest BCUT2D eigenvalue weighted by Crippen LogP contribution is 2.15. The number of benzene rings is 1. The van der Waals surface area contributed by atoms with Gasteiger partial charge in [-0.25, -0.2) is 4.79 Å². The van der Waals surface area contributed by atoms with Crippen molar-refractivity contribution in [2.75, 3.05) is 0 Å². The summed E-state index contributed by atoms with van der Waals surface area (Å²) in [4.78, 5) is 12.5. The average molecular weight is 266 g/mol. The molecule has 0 amide bonds. The van der Waals surface area contributed by atoms with Crippen molar-refractivity contribution in [3.8, 4) is 0 Å². The summed E-state index contributed by atoms with van der Waals surface area (Å²) in [5.74, 6) is -0.750. The Kier molecular flexibility index (Phi) is 3.47. The van der Waals surface area contributed by atoms with Crippen molar-refractivity contribution in [1.82, 2.24) is 20.2 Å². The minimum Gasteiger partial charge on any atom is -0.478 e. The maximum absolute atomic E-state index is 12.1. The van der Waals surface area contributed by atoms with Crippen LogP contribution in [0.25, 0.3) is 0 Å². The van der Waals surface area contributed by atoms with E-state index < -0.39 is 16.8 Å². The van der Waals surface area contributed by atoms with Crippen LogP contribution in [0.15, 0.2) is 29.2 Å². The third kappa shape index (κ3) is 2.59. The largest absolute Gasteiger partial charge is 0.478 e. The Morgan fingerprint density at radius 1 is 1.44 bits per heavy atom. The predicted octanol–water partition coefficient (Wildman–Crippen LogP) is 0.216. The highest BCUT2D eigenvalue weighted by molar-refractivity contribution is 7.84.